The van der Waals surface area contributed by atoms with E-state index in [0.717, 1.165) is 0 Å². The zero-order valence-corrected chi connectivity index (χ0v) is 11.2. The molecule has 0 unspecified atom stereocenters. The highest BCUT2D eigenvalue weighted by atomic mass is 35.5. The van der Waals surface area contributed by atoms with Gasteiger partial charge >= 0.3 is 0 Å². The Labute approximate surface area is 111 Å². The van der Waals surface area contributed by atoms with Crippen molar-refractivity contribution in [1.29, 1.82) is 0 Å². The van der Waals surface area contributed by atoms with Gasteiger partial charge in [-0.15, -0.1) is 0 Å². The summed E-state index contributed by atoms with van der Waals surface area (Å²) in [6.45, 7) is 0. The van der Waals surface area contributed by atoms with Crippen LogP contribution in [0, 0.1) is 0 Å². The number of halogens is 1. The van der Waals surface area contributed by atoms with Crippen LogP contribution in [0.5, 0.6) is 0 Å². The highest BCUT2D eigenvalue weighted by Crippen LogP contribution is 2.22. The zero-order chi connectivity index (χ0) is 13.2. The van der Waals surface area contributed by atoms with E-state index in [1.54, 1.807) is 24.3 Å². The van der Waals surface area contributed by atoms with Crippen LogP contribution in [-0.2, 0) is 10.0 Å². The molecule has 0 radical (unpaired) electrons. The molecule has 6 heteroatoms. The number of pyridine rings is 1. The van der Waals surface area contributed by atoms with Crippen molar-refractivity contribution in [3.05, 3.63) is 53.8 Å². The van der Waals surface area contributed by atoms with E-state index in [4.69, 9.17) is 11.6 Å². The second-order valence-corrected chi connectivity index (χ2v) is 5.98. The first-order chi connectivity index (χ1) is 8.51. The Morgan fingerprint density at radius 2 is 1.83 bits per heavy atom. The van der Waals surface area contributed by atoms with Crippen LogP contribution >= 0.6 is 11.6 Å². The van der Waals surface area contributed by atoms with Gasteiger partial charge in [0.05, 0.1) is 10.6 Å². The molecule has 2 rings (SSSR count). The fourth-order valence-corrected chi connectivity index (χ4v) is 2.93. The van der Waals surface area contributed by atoms with Crippen LogP contribution in [0.25, 0.3) is 0 Å². The van der Waals surface area contributed by atoms with Gasteiger partial charge in [-0.05, 0) is 24.3 Å². The van der Waals surface area contributed by atoms with Crippen molar-refractivity contribution in [2.24, 2.45) is 0 Å². The van der Waals surface area contributed by atoms with Crippen molar-refractivity contribution < 1.29 is 8.42 Å². The summed E-state index contributed by atoms with van der Waals surface area (Å²) in [7, 11) is -2.11. The maximum atomic E-state index is 12.3. The molecular formula is C12H11ClN2O2S. The normalized spacial score (nSPS) is 11.2. The third-order valence-electron chi connectivity index (χ3n) is 2.48. The predicted molar refractivity (Wildman–Crippen MR) is 71.3 cm³/mol. The number of benzene rings is 1. The van der Waals surface area contributed by atoms with Gasteiger partial charge in [0.15, 0.2) is 0 Å². The second kappa shape index (κ2) is 4.96. The molecule has 0 amide bonds. The van der Waals surface area contributed by atoms with E-state index in [0.29, 0.717) is 5.69 Å². The smallest absolute Gasteiger partial charge is 0.264 e. The number of anilines is 1. The van der Waals surface area contributed by atoms with Crippen molar-refractivity contribution >= 4 is 27.3 Å². The van der Waals surface area contributed by atoms with Gasteiger partial charge in [-0.25, -0.2) is 13.4 Å². The van der Waals surface area contributed by atoms with Crippen LogP contribution in [0.4, 0.5) is 5.69 Å². The first-order valence-electron chi connectivity index (χ1n) is 5.17. The summed E-state index contributed by atoms with van der Waals surface area (Å²) < 4.78 is 25.9. The van der Waals surface area contributed by atoms with E-state index < -0.39 is 10.0 Å². The third-order valence-corrected chi connectivity index (χ3v) is 4.46. The maximum Gasteiger partial charge on any atom is 0.264 e. The quantitative estimate of drug-likeness (QED) is 0.813. The topological polar surface area (TPSA) is 50.3 Å². The number of nitrogens with zero attached hydrogens (tertiary/aromatic N) is 2. The van der Waals surface area contributed by atoms with E-state index in [1.165, 1.54) is 29.7 Å². The third kappa shape index (κ3) is 2.47. The van der Waals surface area contributed by atoms with E-state index in [9.17, 15) is 8.42 Å². The van der Waals surface area contributed by atoms with Gasteiger partial charge in [-0.2, -0.15) is 0 Å². The molecule has 0 fully saturated rings. The number of para-hydroxylation sites is 1. The standard InChI is InChI=1S/C12H11ClN2O2S/c1-15(10-5-3-2-4-6-10)18(16,17)11-7-8-14-12(13)9-11/h2-9H,1H3. The summed E-state index contributed by atoms with van der Waals surface area (Å²) >= 11 is 5.71. The molecule has 1 heterocycles. The average Bonchev–Trinajstić information content (AvgIpc) is 2.39. The summed E-state index contributed by atoms with van der Waals surface area (Å²) in [6.07, 6.45) is 1.37. The summed E-state index contributed by atoms with van der Waals surface area (Å²) in [5.74, 6) is 0. The van der Waals surface area contributed by atoms with Crippen LogP contribution in [0.2, 0.25) is 5.15 Å². The van der Waals surface area contributed by atoms with Gasteiger partial charge in [-0.3, -0.25) is 4.31 Å². The lowest BCUT2D eigenvalue weighted by atomic mass is 10.3. The van der Waals surface area contributed by atoms with Crippen molar-refractivity contribution in [2.45, 2.75) is 4.90 Å². The zero-order valence-electron chi connectivity index (χ0n) is 9.62. The molecule has 0 bridgehead atoms. The number of hydrogen-bond acceptors (Lipinski definition) is 3. The Kier molecular flexibility index (Phi) is 3.54. The van der Waals surface area contributed by atoms with E-state index in [1.807, 2.05) is 6.07 Å². The molecule has 18 heavy (non-hydrogen) atoms. The maximum absolute atomic E-state index is 12.3. The Morgan fingerprint density at radius 3 is 2.44 bits per heavy atom. The monoisotopic (exact) mass is 282 g/mol. The lowest BCUT2D eigenvalue weighted by Crippen LogP contribution is -2.26. The molecule has 0 saturated heterocycles. The number of rotatable bonds is 3. The fraction of sp³-hybridized carbons (Fsp3) is 0.0833. The van der Waals surface area contributed by atoms with Gasteiger partial charge in [-0.1, -0.05) is 29.8 Å². The Hall–Kier alpha value is -1.59. The second-order valence-electron chi connectivity index (χ2n) is 3.62. The van der Waals surface area contributed by atoms with Gasteiger partial charge in [0.1, 0.15) is 5.15 Å². The molecule has 0 aliphatic rings. The van der Waals surface area contributed by atoms with Crippen molar-refractivity contribution in [3.8, 4) is 0 Å². The molecule has 1 aromatic carbocycles. The number of aromatic nitrogens is 1. The molecule has 0 aliphatic heterocycles. The minimum Gasteiger partial charge on any atom is -0.269 e. The molecule has 0 spiro atoms. The van der Waals surface area contributed by atoms with Gasteiger partial charge in [0.25, 0.3) is 10.0 Å². The molecule has 2 aromatic rings. The molecule has 0 aliphatic carbocycles. The summed E-state index contributed by atoms with van der Waals surface area (Å²) in [5.41, 5.74) is 0.588. The van der Waals surface area contributed by atoms with Crippen molar-refractivity contribution in [3.63, 3.8) is 0 Å². The van der Waals surface area contributed by atoms with Crippen LogP contribution in [-0.4, -0.2) is 20.4 Å². The van der Waals surface area contributed by atoms with Gasteiger partial charge < -0.3 is 0 Å². The largest absolute Gasteiger partial charge is 0.269 e. The van der Waals surface area contributed by atoms with Crippen LogP contribution in [0.3, 0.4) is 0 Å². The fourth-order valence-electron chi connectivity index (χ4n) is 1.48. The first-order valence-corrected chi connectivity index (χ1v) is 6.99. The predicted octanol–water partition coefficient (Wildman–Crippen LogP) is 2.56. The molecule has 94 valence electrons. The number of sulfonamides is 1. The first kappa shape index (κ1) is 12.9. The molecule has 0 N–H and O–H groups in total. The Bertz CT molecular complexity index is 644. The Balaban J connectivity index is 2.44. The Morgan fingerprint density at radius 1 is 1.17 bits per heavy atom. The van der Waals surface area contributed by atoms with Crippen molar-refractivity contribution in [2.75, 3.05) is 11.4 Å². The highest BCUT2D eigenvalue weighted by molar-refractivity contribution is 7.92. The van der Waals surface area contributed by atoms with E-state index >= 15 is 0 Å². The molecule has 1 aromatic heterocycles. The highest BCUT2D eigenvalue weighted by Gasteiger charge is 2.21. The minimum absolute atomic E-state index is 0.119. The van der Waals surface area contributed by atoms with Crippen molar-refractivity contribution in [1.82, 2.24) is 4.98 Å². The molecule has 4 nitrogen and oxygen atoms in total. The van der Waals surface area contributed by atoms with Gasteiger partial charge in [0.2, 0.25) is 0 Å². The molecule has 0 atom stereocenters. The van der Waals surface area contributed by atoms with Crippen LogP contribution in [0.1, 0.15) is 0 Å². The van der Waals surface area contributed by atoms with E-state index in [2.05, 4.69) is 4.98 Å². The minimum atomic E-state index is -3.61. The van der Waals surface area contributed by atoms with E-state index in [-0.39, 0.29) is 10.0 Å². The van der Waals surface area contributed by atoms with Crippen LogP contribution < -0.4 is 4.31 Å². The average molecular weight is 283 g/mol. The lowest BCUT2D eigenvalue weighted by Gasteiger charge is -2.19. The lowest BCUT2D eigenvalue weighted by molar-refractivity contribution is 0.594. The summed E-state index contributed by atoms with van der Waals surface area (Å²) in [6, 6.07) is 11.6. The summed E-state index contributed by atoms with van der Waals surface area (Å²) in [4.78, 5) is 3.89. The SMILES string of the molecule is CN(c1ccccc1)S(=O)(=O)c1ccnc(Cl)c1. The summed E-state index contributed by atoms with van der Waals surface area (Å²) in [5, 5.41) is 0.150. The van der Waals surface area contributed by atoms with Crippen LogP contribution in [0.15, 0.2) is 53.6 Å². The molecular weight excluding hydrogens is 272 g/mol. The molecule has 0 saturated carbocycles. The number of hydrogen-bond donors (Lipinski definition) is 0. The van der Waals surface area contributed by atoms with Gasteiger partial charge in [0, 0.05) is 13.2 Å².